The molecule has 2 aliphatic rings. The number of rotatable bonds is 3. The molecular formula is C15H18N4O3. The first-order valence-corrected chi connectivity index (χ1v) is 7.28. The van der Waals surface area contributed by atoms with E-state index in [4.69, 9.17) is 4.74 Å². The molecule has 0 radical (unpaired) electrons. The van der Waals surface area contributed by atoms with Crippen molar-refractivity contribution in [3.63, 3.8) is 0 Å². The van der Waals surface area contributed by atoms with E-state index in [0.29, 0.717) is 38.0 Å². The van der Waals surface area contributed by atoms with Crippen molar-refractivity contribution in [3.8, 4) is 0 Å². The molecular weight excluding hydrogens is 284 g/mol. The highest BCUT2D eigenvalue weighted by molar-refractivity contribution is 6.07. The summed E-state index contributed by atoms with van der Waals surface area (Å²) in [7, 11) is 0. The molecule has 1 atom stereocenters. The lowest BCUT2D eigenvalue weighted by molar-refractivity contribution is -0.124. The number of nitrogens with one attached hydrogen (secondary N) is 2. The number of aliphatic imine (C=N–C) groups is 1. The topological polar surface area (TPSA) is 83.0 Å². The Morgan fingerprint density at radius 1 is 1.32 bits per heavy atom. The van der Waals surface area contributed by atoms with E-state index in [1.54, 1.807) is 12.1 Å². The van der Waals surface area contributed by atoms with Crippen molar-refractivity contribution in [3.05, 3.63) is 30.3 Å². The highest BCUT2D eigenvalue weighted by atomic mass is 16.5. The van der Waals surface area contributed by atoms with Gasteiger partial charge in [0.25, 0.3) is 5.91 Å². The van der Waals surface area contributed by atoms with Gasteiger partial charge in [-0.2, -0.15) is 0 Å². The summed E-state index contributed by atoms with van der Waals surface area (Å²) in [5, 5.41) is 5.51. The second-order valence-electron chi connectivity index (χ2n) is 5.18. The molecule has 1 aromatic rings. The van der Waals surface area contributed by atoms with Crippen LogP contribution in [0.15, 0.2) is 35.3 Å². The molecule has 0 bridgehead atoms. The molecule has 7 heteroatoms. The number of amides is 2. The van der Waals surface area contributed by atoms with Gasteiger partial charge in [0.05, 0.1) is 19.6 Å². The Hall–Kier alpha value is -2.41. The monoisotopic (exact) mass is 302 g/mol. The SMILES string of the molecule is O=C(CC1N=C(N2CCOCC2)NC1=O)Nc1ccccc1. The number of carbonyl (C=O) groups excluding carboxylic acids is 2. The lowest BCUT2D eigenvalue weighted by Gasteiger charge is -2.27. The molecule has 116 valence electrons. The minimum absolute atomic E-state index is 0.0363. The third-order valence-corrected chi connectivity index (χ3v) is 3.56. The molecule has 2 heterocycles. The van der Waals surface area contributed by atoms with Crippen LogP contribution < -0.4 is 10.6 Å². The van der Waals surface area contributed by atoms with Gasteiger partial charge in [-0.25, -0.2) is 4.99 Å². The molecule has 2 aliphatic heterocycles. The lowest BCUT2D eigenvalue weighted by Crippen LogP contribution is -2.46. The van der Waals surface area contributed by atoms with Gasteiger partial charge in [-0.1, -0.05) is 18.2 Å². The van der Waals surface area contributed by atoms with Gasteiger partial charge < -0.3 is 15.0 Å². The summed E-state index contributed by atoms with van der Waals surface area (Å²) in [6.45, 7) is 2.63. The van der Waals surface area contributed by atoms with Gasteiger partial charge in [0.1, 0.15) is 6.04 Å². The zero-order chi connectivity index (χ0) is 15.4. The molecule has 0 aromatic heterocycles. The van der Waals surface area contributed by atoms with Gasteiger partial charge in [-0.3, -0.25) is 14.9 Å². The van der Waals surface area contributed by atoms with Crippen LogP contribution in [0, 0.1) is 0 Å². The van der Waals surface area contributed by atoms with E-state index in [1.165, 1.54) is 0 Å². The van der Waals surface area contributed by atoms with Crippen LogP contribution in [0.25, 0.3) is 0 Å². The summed E-state index contributed by atoms with van der Waals surface area (Å²) >= 11 is 0. The fourth-order valence-electron chi connectivity index (χ4n) is 2.42. The number of para-hydroxylation sites is 1. The Kier molecular flexibility index (Phi) is 4.34. The summed E-state index contributed by atoms with van der Waals surface area (Å²) in [4.78, 5) is 30.3. The highest BCUT2D eigenvalue weighted by Gasteiger charge is 2.31. The number of benzene rings is 1. The fraction of sp³-hybridized carbons (Fsp3) is 0.400. The molecule has 2 amide bonds. The number of anilines is 1. The van der Waals surface area contributed by atoms with Crippen LogP contribution >= 0.6 is 0 Å². The van der Waals surface area contributed by atoms with Crippen molar-refractivity contribution in [2.24, 2.45) is 4.99 Å². The Morgan fingerprint density at radius 2 is 2.05 bits per heavy atom. The minimum Gasteiger partial charge on any atom is -0.378 e. The van der Waals surface area contributed by atoms with Gasteiger partial charge in [0, 0.05) is 18.8 Å². The number of ether oxygens (including phenoxy) is 1. The number of hydrogen-bond donors (Lipinski definition) is 2. The van der Waals surface area contributed by atoms with Crippen LogP contribution in [-0.4, -0.2) is 55.0 Å². The van der Waals surface area contributed by atoms with E-state index >= 15 is 0 Å². The van der Waals surface area contributed by atoms with Crippen LogP contribution in [0.1, 0.15) is 6.42 Å². The van der Waals surface area contributed by atoms with Gasteiger partial charge in [0.2, 0.25) is 11.9 Å². The summed E-state index contributed by atoms with van der Waals surface area (Å²) in [5.41, 5.74) is 0.711. The fourth-order valence-corrected chi connectivity index (χ4v) is 2.42. The predicted octanol–water partition coefficient (Wildman–Crippen LogP) is 0.202. The van der Waals surface area contributed by atoms with Crippen molar-refractivity contribution in [1.82, 2.24) is 10.2 Å². The molecule has 1 unspecified atom stereocenters. The number of hydrogen-bond acceptors (Lipinski definition) is 5. The van der Waals surface area contributed by atoms with Crippen LogP contribution in [0.2, 0.25) is 0 Å². The molecule has 3 rings (SSSR count). The molecule has 0 spiro atoms. The Bertz CT molecular complexity index is 582. The smallest absolute Gasteiger partial charge is 0.252 e. The first kappa shape index (κ1) is 14.5. The largest absolute Gasteiger partial charge is 0.378 e. The van der Waals surface area contributed by atoms with E-state index in [1.807, 2.05) is 23.1 Å². The van der Waals surface area contributed by atoms with E-state index in [9.17, 15) is 9.59 Å². The van der Waals surface area contributed by atoms with Crippen LogP contribution in [0.4, 0.5) is 5.69 Å². The first-order valence-electron chi connectivity index (χ1n) is 7.28. The zero-order valence-corrected chi connectivity index (χ0v) is 12.1. The van der Waals surface area contributed by atoms with Crippen LogP contribution in [0.3, 0.4) is 0 Å². The average molecular weight is 302 g/mol. The Morgan fingerprint density at radius 3 is 2.77 bits per heavy atom. The van der Waals surface area contributed by atoms with Crippen molar-refractivity contribution in [2.45, 2.75) is 12.5 Å². The minimum atomic E-state index is -0.665. The molecule has 0 saturated carbocycles. The lowest BCUT2D eigenvalue weighted by atomic mass is 10.2. The summed E-state index contributed by atoms with van der Waals surface area (Å²) in [6, 6.07) is 8.49. The normalized spacial score (nSPS) is 21.3. The van der Waals surface area contributed by atoms with E-state index in [-0.39, 0.29) is 18.2 Å². The third kappa shape index (κ3) is 3.43. The maximum atomic E-state index is 12.0. The van der Waals surface area contributed by atoms with Crippen molar-refractivity contribution in [2.75, 3.05) is 31.6 Å². The van der Waals surface area contributed by atoms with Gasteiger partial charge >= 0.3 is 0 Å². The van der Waals surface area contributed by atoms with E-state index in [2.05, 4.69) is 15.6 Å². The van der Waals surface area contributed by atoms with Gasteiger partial charge in [-0.15, -0.1) is 0 Å². The quantitative estimate of drug-likeness (QED) is 0.835. The number of guanidine groups is 1. The molecule has 1 saturated heterocycles. The van der Waals surface area contributed by atoms with Crippen molar-refractivity contribution in [1.29, 1.82) is 0 Å². The molecule has 0 aliphatic carbocycles. The summed E-state index contributed by atoms with van der Waals surface area (Å²) in [5.74, 6) is 0.0915. The summed E-state index contributed by atoms with van der Waals surface area (Å²) < 4.78 is 5.27. The standard InChI is InChI=1S/C15H18N4O3/c20-13(16-11-4-2-1-3-5-11)10-12-14(21)18-15(17-12)19-6-8-22-9-7-19/h1-5,12H,6-10H2,(H,16,20)(H,17,18,21). The highest BCUT2D eigenvalue weighted by Crippen LogP contribution is 2.12. The second kappa shape index (κ2) is 6.57. The molecule has 22 heavy (non-hydrogen) atoms. The van der Waals surface area contributed by atoms with Gasteiger partial charge in [-0.05, 0) is 12.1 Å². The number of carbonyl (C=O) groups is 2. The van der Waals surface area contributed by atoms with Gasteiger partial charge in [0.15, 0.2) is 0 Å². The van der Waals surface area contributed by atoms with Crippen LogP contribution in [-0.2, 0) is 14.3 Å². The maximum Gasteiger partial charge on any atom is 0.252 e. The number of morpholine rings is 1. The third-order valence-electron chi connectivity index (χ3n) is 3.56. The summed E-state index contributed by atoms with van der Waals surface area (Å²) in [6.07, 6.45) is 0.0363. The Labute approximate surface area is 128 Å². The van der Waals surface area contributed by atoms with Crippen molar-refractivity contribution < 1.29 is 14.3 Å². The molecule has 7 nitrogen and oxygen atoms in total. The maximum absolute atomic E-state index is 12.0. The number of nitrogens with zero attached hydrogens (tertiary/aromatic N) is 2. The average Bonchev–Trinajstić information content (AvgIpc) is 2.90. The second-order valence-corrected chi connectivity index (χ2v) is 5.18. The van der Waals surface area contributed by atoms with Crippen LogP contribution in [0.5, 0.6) is 0 Å². The van der Waals surface area contributed by atoms with E-state index < -0.39 is 6.04 Å². The molecule has 1 aromatic carbocycles. The molecule has 2 N–H and O–H groups in total. The first-order chi connectivity index (χ1) is 10.7. The molecule has 1 fully saturated rings. The predicted molar refractivity (Wildman–Crippen MR) is 81.4 cm³/mol. The Balaban J connectivity index is 1.58. The van der Waals surface area contributed by atoms with E-state index in [0.717, 1.165) is 0 Å². The van der Waals surface area contributed by atoms with Crippen molar-refractivity contribution >= 4 is 23.5 Å². The zero-order valence-electron chi connectivity index (χ0n) is 12.1.